The van der Waals surface area contributed by atoms with Gasteiger partial charge in [-0.25, -0.2) is 23.5 Å². The lowest BCUT2D eigenvalue weighted by atomic mass is 10.2. The summed E-state index contributed by atoms with van der Waals surface area (Å²) < 4.78 is 52.3. The van der Waals surface area contributed by atoms with Gasteiger partial charge in [0.1, 0.15) is 17.4 Å². The Morgan fingerprint density at radius 2 is 1.69 bits per heavy atom. The first kappa shape index (κ1) is 43.2. The van der Waals surface area contributed by atoms with Gasteiger partial charge in [-0.05, 0) is 35.8 Å². The first-order valence-electron chi connectivity index (χ1n) is 15.1. The van der Waals surface area contributed by atoms with Gasteiger partial charge in [-0.3, -0.25) is 28.5 Å². The molecular weight excluding hydrogens is 783 g/mol. The molecular formula is C25H38N5O16P3S2. The van der Waals surface area contributed by atoms with Crippen molar-refractivity contribution in [2.75, 3.05) is 25.4 Å². The van der Waals surface area contributed by atoms with Crippen LogP contribution in [0, 0.1) is 0 Å². The average molecular weight is 822 g/mol. The molecule has 21 nitrogen and oxygen atoms in total. The Labute approximate surface area is 298 Å². The minimum Gasteiger partial charge on any atom is -0.390 e. The number of carbonyl (C=O) groups excluding carboxylic acids is 2. The van der Waals surface area contributed by atoms with Gasteiger partial charge < -0.3 is 40.1 Å². The van der Waals surface area contributed by atoms with E-state index in [0.717, 1.165) is 35.1 Å². The van der Waals surface area contributed by atoms with E-state index < -0.39 is 72.1 Å². The van der Waals surface area contributed by atoms with Crippen molar-refractivity contribution in [2.24, 2.45) is 0 Å². The Morgan fingerprint density at radius 1 is 1.00 bits per heavy atom. The predicted molar refractivity (Wildman–Crippen MR) is 181 cm³/mol. The van der Waals surface area contributed by atoms with Crippen molar-refractivity contribution in [1.82, 2.24) is 25.2 Å². The number of nitrogens with zero attached hydrogens (tertiary/aromatic N) is 2. The van der Waals surface area contributed by atoms with Gasteiger partial charge in [0.15, 0.2) is 0 Å². The standard InChI is InChI=1S/C25H38N5O16P3S2/c31-18-14-23(44-19(18)16-43-48(39,40)46-49(41,42)45-47(36,37)38)30-15-17(24(34)29-25(30)35)13-21(33)27-10-5-2-1-4-9-26-20(32)8-12-50-51-22-7-3-6-11-28-22/h3,6-7,11,15,18-19,23,31H,1-2,4-5,8-10,12-14,16H2,(H,26,32)(H,27,33)(H,39,40)(H,41,42)(H,29,34,35)(H2,36,37,38)/t18-,19+,23+/m0/s1. The molecule has 26 heteroatoms. The molecule has 2 amide bonds. The minimum absolute atomic E-state index is 0.0286. The molecule has 1 saturated heterocycles. The Kier molecular flexibility index (Phi) is 17.2. The third kappa shape index (κ3) is 16.6. The normalized spacial score (nSPS) is 20.0. The van der Waals surface area contributed by atoms with E-state index in [-0.39, 0.29) is 17.9 Å². The molecule has 2 unspecified atom stereocenters. The number of amides is 2. The summed E-state index contributed by atoms with van der Waals surface area (Å²) in [5.74, 6) is 0.127. The van der Waals surface area contributed by atoms with E-state index in [1.54, 1.807) is 17.0 Å². The Bertz CT molecular complexity index is 1730. The predicted octanol–water partition coefficient (Wildman–Crippen LogP) is 1.09. The number of aliphatic hydroxyl groups excluding tert-OH is 1. The second-order valence-corrected chi connectivity index (χ2v) is 17.6. The van der Waals surface area contributed by atoms with Crippen molar-refractivity contribution in [3.05, 3.63) is 57.0 Å². The molecule has 0 aromatic carbocycles. The molecule has 0 saturated carbocycles. The number of hydrogen-bond donors (Lipinski definition) is 8. The molecule has 1 aliphatic heterocycles. The van der Waals surface area contributed by atoms with Gasteiger partial charge in [0, 0.05) is 49.6 Å². The van der Waals surface area contributed by atoms with Crippen LogP contribution < -0.4 is 21.9 Å². The summed E-state index contributed by atoms with van der Waals surface area (Å²) in [6.45, 7) is -0.100. The summed E-state index contributed by atoms with van der Waals surface area (Å²) in [5.41, 5.74) is -1.89. The van der Waals surface area contributed by atoms with Crippen LogP contribution in [0.2, 0.25) is 0 Å². The number of H-pyrrole nitrogens is 1. The zero-order chi connectivity index (χ0) is 37.7. The molecule has 3 heterocycles. The first-order chi connectivity index (χ1) is 23.9. The zero-order valence-electron chi connectivity index (χ0n) is 26.7. The first-order valence-corrected chi connectivity index (χ1v) is 22.0. The second kappa shape index (κ2) is 20.3. The number of unbranched alkanes of at least 4 members (excludes halogenated alkanes) is 3. The summed E-state index contributed by atoms with van der Waals surface area (Å²) in [7, 11) is -13.8. The van der Waals surface area contributed by atoms with Crippen LogP contribution in [0.3, 0.4) is 0 Å². The maximum atomic E-state index is 12.5. The van der Waals surface area contributed by atoms with Crippen LogP contribution in [-0.2, 0) is 47.6 Å². The molecule has 8 N–H and O–H groups in total. The Hall–Kier alpha value is -2.20. The van der Waals surface area contributed by atoms with Gasteiger partial charge in [0.05, 0.1) is 19.1 Å². The molecule has 0 spiro atoms. The van der Waals surface area contributed by atoms with Crippen molar-refractivity contribution in [1.29, 1.82) is 0 Å². The van der Waals surface area contributed by atoms with E-state index >= 15 is 0 Å². The minimum atomic E-state index is -5.76. The molecule has 0 bridgehead atoms. The Morgan fingerprint density at radius 3 is 2.33 bits per heavy atom. The molecule has 3 rings (SSSR count). The van der Waals surface area contributed by atoms with Crippen molar-refractivity contribution in [3.63, 3.8) is 0 Å². The molecule has 2 aromatic rings. The van der Waals surface area contributed by atoms with Gasteiger partial charge in [0.25, 0.3) is 5.56 Å². The highest BCUT2D eigenvalue weighted by Gasteiger charge is 2.43. The number of phosphoric acid groups is 3. The maximum absolute atomic E-state index is 12.5. The van der Waals surface area contributed by atoms with Gasteiger partial charge in [-0.15, -0.1) is 0 Å². The number of ether oxygens (including phenoxy) is 1. The number of hydrogen-bond acceptors (Lipinski definition) is 15. The van der Waals surface area contributed by atoms with Gasteiger partial charge >= 0.3 is 29.2 Å². The van der Waals surface area contributed by atoms with Gasteiger partial charge in [-0.1, -0.05) is 29.7 Å². The average Bonchev–Trinajstić information content (AvgIpc) is 3.39. The quantitative estimate of drug-likeness (QED) is 0.0468. The van der Waals surface area contributed by atoms with E-state index in [4.69, 9.17) is 14.5 Å². The molecule has 1 fully saturated rings. The van der Waals surface area contributed by atoms with Crippen LogP contribution in [0.1, 0.15) is 50.3 Å². The number of aliphatic hydroxyl groups is 1. The number of carbonyl (C=O) groups is 2. The van der Waals surface area contributed by atoms with Crippen LogP contribution in [0.15, 0.2) is 45.2 Å². The fourth-order valence-electron chi connectivity index (χ4n) is 4.39. The van der Waals surface area contributed by atoms with E-state index in [1.165, 1.54) is 10.8 Å². The van der Waals surface area contributed by atoms with Crippen molar-refractivity contribution >= 4 is 56.9 Å². The van der Waals surface area contributed by atoms with E-state index in [0.29, 0.717) is 31.7 Å². The lowest BCUT2D eigenvalue weighted by Gasteiger charge is -2.19. The van der Waals surface area contributed by atoms with Gasteiger partial charge in [0.2, 0.25) is 11.8 Å². The highest BCUT2D eigenvalue weighted by atomic mass is 33.1. The lowest BCUT2D eigenvalue weighted by molar-refractivity contribution is -0.121. The summed E-state index contributed by atoms with van der Waals surface area (Å²) in [5, 5.41) is 16.8. The van der Waals surface area contributed by atoms with E-state index in [2.05, 4.69) is 28.8 Å². The van der Waals surface area contributed by atoms with Crippen LogP contribution in [0.4, 0.5) is 0 Å². The molecule has 1 aliphatic rings. The maximum Gasteiger partial charge on any atom is 0.490 e. The number of rotatable bonds is 22. The fraction of sp³-hybridized carbons (Fsp3) is 0.560. The summed E-state index contributed by atoms with van der Waals surface area (Å²) in [6.07, 6.45) is 1.39. The van der Waals surface area contributed by atoms with Crippen LogP contribution in [0.25, 0.3) is 0 Å². The van der Waals surface area contributed by atoms with Gasteiger partial charge in [-0.2, -0.15) is 8.62 Å². The molecule has 2 aromatic heterocycles. The van der Waals surface area contributed by atoms with Crippen molar-refractivity contribution in [2.45, 2.75) is 68.4 Å². The largest absolute Gasteiger partial charge is 0.490 e. The number of aromatic nitrogens is 3. The molecule has 51 heavy (non-hydrogen) atoms. The highest BCUT2D eigenvalue weighted by Crippen LogP contribution is 2.66. The number of nitrogens with one attached hydrogen (secondary N) is 3. The van der Waals surface area contributed by atoms with Crippen molar-refractivity contribution in [3.8, 4) is 0 Å². The second-order valence-electron chi connectivity index (χ2n) is 10.8. The van der Waals surface area contributed by atoms with E-state index in [1.807, 2.05) is 23.2 Å². The van der Waals surface area contributed by atoms with E-state index in [9.17, 15) is 47.8 Å². The topological polar surface area (TPSA) is 315 Å². The lowest BCUT2D eigenvalue weighted by Crippen LogP contribution is -2.36. The van der Waals surface area contributed by atoms with Crippen molar-refractivity contribution < 1.29 is 65.8 Å². The number of pyridine rings is 1. The summed E-state index contributed by atoms with van der Waals surface area (Å²) in [6, 6.07) is 5.64. The molecule has 5 atom stereocenters. The molecule has 0 aliphatic carbocycles. The smallest absolute Gasteiger partial charge is 0.390 e. The highest BCUT2D eigenvalue weighted by molar-refractivity contribution is 8.76. The summed E-state index contributed by atoms with van der Waals surface area (Å²) >= 11 is 0. The SMILES string of the molecule is O=C(CCSSc1ccccn1)NCCCCCCNC(=O)Cc1cn([C@H]2C[C@H](O)[C@@H](COP(=O)(O)OP(=O)(O)OP(=O)(O)O)O2)c(=O)[nH]c1=O. The zero-order valence-corrected chi connectivity index (χ0v) is 31.0. The van der Waals surface area contributed by atoms with Crippen LogP contribution >= 0.6 is 45.1 Å². The molecule has 0 radical (unpaired) electrons. The summed E-state index contributed by atoms with van der Waals surface area (Å²) in [4.78, 5) is 91.7. The van der Waals surface area contributed by atoms with Crippen LogP contribution in [0.5, 0.6) is 0 Å². The number of phosphoric ester groups is 1. The monoisotopic (exact) mass is 821 g/mol. The third-order valence-corrected chi connectivity index (χ3v) is 12.7. The van der Waals surface area contributed by atoms with Crippen LogP contribution in [-0.4, -0.2) is 88.7 Å². The Balaban J connectivity index is 1.35. The number of aromatic amines is 1. The molecule has 286 valence electrons. The fourth-order valence-corrected chi connectivity index (χ4v) is 9.29. The third-order valence-electron chi connectivity index (χ3n) is 6.67.